The number of carbonyl (C=O) groups is 1. The number of aryl methyl sites for hydroxylation is 1. The van der Waals surface area contributed by atoms with Gasteiger partial charge in [0.2, 0.25) is 5.91 Å². The van der Waals surface area contributed by atoms with Crippen LogP contribution in [0.1, 0.15) is 5.82 Å². The molecule has 1 heterocycles. The van der Waals surface area contributed by atoms with Gasteiger partial charge in [0, 0.05) is 18.1 Å². The molecule has 0 saturated carbocycles. The van der Waals surface area contributed by atoms with E-state index in [4.69, 9.17) is 0 Å². The van der Waals surface area contributed by atoms with Gasteiger partial charge in [0.25, 0.3) is 0 Å². The second kappa shape index (κ2) is 4.61. The Morgan fingerprint density at radius 2 is 2.12 bits per heavy atom. The number of hydrogen-bond acceptors (Lipinski definition) is 2. The number of aromatic nitrogens is 2. The highest BCUT2D eigenvalue weighted by Crippen LogP contribution is 2.05. The van der Waals surface area contributed by atoms with E-state index in [1.165, 1.54) is 0 Å². The van der Waals surface area contributed by atoms with E-state index in [0.29, 0.717) is 6.54 Å². The number of carbonyl (C=O) groups excluding carboxylic acids is 1. The highest BCUT2D eigenvalue weighted by molar-refractivity contribution is 5.90. The number of rotatable bonds is 3. The van der Waals surface area contributed by atoms with Crippen LogP contribution in [0.4, 0.5) is 5.69 Å². The van der Waals surface area contributed by atoms with Gasteiger partial charge in [-0.15, -0.1) is 0 Å². The molecule has 82 valence electrons. The van der Waals surface area contributed by atoms with Crippen molar-refractivity contribution in [1.29, 1.82) is 0 Å². The van der Waals surface area contributed by atoms with Crippen molar-refractivity contribution in [3.05, 3.63) is 48.5 Å². The maximum Gasteiger partial charge on any atom is 0.244 e. The van der Waals surface area contributed by atoms with Crippen molar-refractivity contribution in [1.82, 2.24) is 9.55 Å². The highest BCUT2D eigenvalue weighted by atomic mass is 16.1. The van der Waals surface area contributed by atoms with Gasteiger partial charge < -0.3 is 9.88 Å². The molecule has 0 aliphatic rings. The summed E-state index contributed by atoms with van der Waals surface area (Å²) in [4.78, 5) is 15.7. The molecule has 0 spiro atoms. The summed E-state index contributed by atoms with van der Waals surface area (Å²) in [6, 6.07) is 9.41. The van der Waals surface area contributed by atoms with E-state index in [-0.39, 0.29) is 5.91 Å². The predicted octanol–water partition coefficient (Wildman–Crippen LogP) is 1.83. The normalized spacial score (nSPS) is 10.1. The summed E-state index contributed by atoms with van der Waals surface area (Å²) in [6.07, 6.45) is 3.48. The third-order valence-corrected chi connectivity index (χ3v) is 2.30. The van der Waals surface area contributed by atoms with Crippen LogP contribution in [0.5, 0.6) is 0 Å². The van der Waals surface area contributed by atoms with Gasteiger partial charge in [-0.1, -0.05) is 18.2 Å². The molecule has 2 aromatic rings. The number of hydrogen-bond donors (Lipinski definition) is 1. The zero-order chi connectivity index (χ0) is 11.4. The second-order valence-electron chi connectivity index (χ2n) is 3.52. The van der Waals surface area contributed by atoms with Crippen molar-refractivity contribution in [2.24, 2.45) is 0 Å². The SMILES string of the molecule is Cc1nccn1CC(=O)Nc1ccccc1. The number of nitrogens with zero attached hydrogens (tertiary/aromatic N) is 2. The average molecular weight is 215 g/mol. The molecule has 0 aliphatic heterocycles. The van der Waals surface area contributed by atoms with Crippen LogP contribution in [0, 0.1) is 6.92 Å². The summed E-state index contributed by atoms with van der Waals surface area (Å²) in [7, 11) is 0. The number of anilines is 1. The lowest BCUT2D eigenvalue weighted by molar-refractivity contribution is -0.116. The number of imidazole rings is 1. The fourth-order valence-corrected chi connectivity index (χ4v) is 1.45. The molecule has 0 aliphatic carbocycles. The van der Waals surface area contributed by atoms with Crippen molar-refractivity contribution in [3.8, 4) is 0 Å². The molecule has 4 nitrogen and oxygen atoms in total. The molecule has 1 N–H and O–H groups in total. The fourth-order valence-electron chi connectivity index (χ4n) is 1.45. The van der Waals surface area contributed by atoms with Gasteiger partial charge in [0.05, 0.1) is 0 Å². The lowest BCUT2D eigenvalue weighted by Gasteiger charge is -2.06. The van der Waals surface area contributed by atoms with E-state index in [0.717, 1.165) is 11.5 Å². The quantitative estimate of drug-likeness (QED) is 0.849. The molecule has 0 atom stereocenters. The first-order chi connectivity index (χ1) is 7.75. The van der Waals surface area contributed by atoms with E-state index >= 15 is 0 Å². The molecular formula is C12H13N3O. The summed E-state index contributed by atoms with van der Waals surface area (Å²) in [5.41, 5.74) is 0.810. The first-order valence-electron chi connectivity index (χ1n) is 5.08. The predicted molar refractivity (Wildman–Crippen MR) is 62.0 cm³/mol. The van der Waals surface area contributed by atoms with Gasteiger partial charge in [-0.2, -0.15) is 0 Å². The molecule has 2 rings (SSSR count). The maximum absolute atomic E-state index is 11.7. The summed E-state index contributed by atoms with van der Waals surface area (Å²) in [6.45, 7) is 2.16. The van der Waals surface area contributed by atoms with Gasteiger partial charge in [-0.05, 0) is 19.1 Å². The zero-order valence-corrected chi connectivity index (χ0v) is 9.05. The molecule has 0 bridgehead atoms. The Hall–Kier alpha value is -2.10. The first kappa shape index (κ1) is 10.4. The van der Waals surface area contributed by atoms with Crippen LogP contribution in [0.3, 0.4) is 0 Å². The van der Waals surface area contributed by atoms with Crippen molar-refractivity contribution >= 4 is 11.6 Å². The third kappa shape index (κ3) is 2.48. The van der Waals surface area contributed by atoms with Crippen LogP contribution < -0.4 is 5.32 Å². The van der Waals surface area contributed by atoms with E-state index < -0.39 is 0 Å². The summed E-state index contributed by atoms with van der Waals surface area (Å²) >= 11 is 0. The van der Waals surface area contributed by atoms with Gasteiger partial charge in [0.15, 0.2) is 0 Å². The minimum absolute atomic E-state index is 0.0488. The summed E-state index contributed by atoms with van der Waals surface area (Å²) in [5, 5.41) is 2.82. The summed E-state index contributed by atoms with van der Waals surface area (Å²) < 4.78 is 1.80. The van der Waals surface area contributed by atoms with Crippen LogP contribution in [0.15, 0.2) is 42.7 Å². The fraction of sp³-hybridized carbons (Fsp3) is 0.167. The number of para-hydroxylation sites is 1. The lowest BCUT2D eigenvalue weighted by Crippen LogP contribution is -2.18. The van der Waals surface area contributed by atoms with Gasteiger partial charge in [-0.3, -0.25) is 4.79 Å². The molecule has 4 heteroatoms. The Morgan fingerprint density at radius 3 is 2.75 bits per heavy atom. The molecular weight excluding hydrogens is 202 g/mol. The van der Waals surface area contributed by atoms with E-state index in [1.807, 2.05) is 37.3 Å². The number of amides is 1. The molecule has 0 unspecified atom stereocenters. The third-order valence-electron chi connectivity index (χ3n) is 2.30. The standard InChI is InChI=1S/C12H13N3O/c1-10-13-7-8-15(10)9-12(16)14-11-5-3-2-4-6-11/h2-8H,9H2,1H3,(H,14,16). The average Bonchev–Trinajstić information content (AvgIpc) is 2.66. The molecule has 0 radical (unpaired) electrons. The first-order valence-corrected chi connectivity index (χ1v) is 5.08. The lowest BCUT2D eigenvalue weighted by atomic mass is 10.3. The van der Waals surface area contributed by atoms with E-state index in [9.17, 15) is 4.79 Å². The van der Waals surface area contributed by atoms with Crippen LogP contribution in [-0.2, 0) is 11.3 Å². The number of benzene rings is 1. The van der Waals surface area contributed by atoms with Crippen LogP contribution >= 0.6 is 0 Å². The van der Waals surface area contributed by atoms with Gasteiger partial charge in [0.1, 0.15) is 12.4 Å². The van der Waals surface area contributed by atoms with Crippen molar-refractivity contribution in [2.45, 2.75) is 13.5 Å². The summed E-state index contributed by atoms with van der Waals surface area (Å²) in [5.74, 6) is 0.788. The Bertz CT molecular complexity index is 476. The Kier molecular flexibility index (Phi) is 3.00. The van der Waals surface area contributed by atoms with E-state index in [1.54, 1.807) is 17.0 Å². The molecule has 1 amide bonds. The Morgan fingerprint density at radius 1 is 1.38 bits per heavy atom. The smallest absolute Gasteiger partial charge is 0.244 e. The Balaban J connectivity index is 1.98. The van der Waals surface area contributed by atoms with Gasteiger partial charge >= 0.3 is 0 Å². The minimum Gasteiger partial charge on any atom is -0.326 e. The zero-order valence-electron chi connectivity index (χ0n) is 9.05. The molecule has 0 fully saturated rings. The van der Waals surface area contributed by atoms with Gasteiger partial charge in [-0.25, -0.2) is 4.98 Å². The van der Waals surface area contributed by atoms with Crippen LogP contribution in [-0.4, -0.2) is 15.5 Å². The van der Waals surface area contributed by atoms with Crippen LogP contribution in [0.2, 0.25) is 0 Å². The largest absolute Gasteiger partial charge is 0.326 e. The number of nitrogens with one attached hydrogen (secondary N) is 1. The van der Waals surface area contributed by atoms with Crippen LogP contribution in [0.25, 0.3) is 0 Å². The monoisotopic (exact) mass is 215 g/mol. The second-order valence-corrected chi connectivity index (χ2v) is 3.52. The maximum atomic E-state index is 11.7. The van der Waals surface area contributed by atoms with Crippen molar-refractivity contribution < 1.29 is 4.79 Å². The molecule has 1 aromatic carbocycles. The minimum atomic E-state index is -0.0488. The molecule has 16 heavy (non-hydrogen) atoms. The molecule has 1 aromatic heterocycles. The van der Waals surface area contributed by atoms with Crippen molar-refractivity contribution in [2.75, 3.05) is 5.32 Å². The van der Waals surface area contributed by atoms with E-state index in [2.05, 4.69) is 10.3 Å². The topological polar surface area (TPSA) is 46.9 Å². The molecule has 0 saturated heterocycles. The Labute approximate surface area is 93.9 Å². The van der Waals surface area contributed by atoms with Crippen molar-refractivity contribution in [3.63, 3.8) is 0 Å². The highest BCUT2D eigenvalue weighted by Gasteiger charge is 2.04.